The number of oxime groups is 1. The fourth-order valence-corrected chi connectivity index (χ4v) is 4.55. The molecule has 2 N–H and O–H groups in total. The topological polar surface area (TPSA) is 52.8 Å². The molecule has 2 atom stereocenters. The van der Waals surface area contributed by atoms with E-state index in [1.807, 2.05) is 6.92 Å². The van der Waals surface area contributed by atoms with Crippen molar-refractivity contribution in [2.45, 2.75) is 45.1 Å². The Labute approximate surface area is 90.2 Å². The second kappa shape index (κ2) is 2.97. The second-order valence-corrected chi connectivity index (χ2v) is 5.93. The van der Waals surface area contributed by atoms with Crippen LogP contribution in [0.15, 0.2) is 5.16 Å². The Hall–Kier alpha value is -0.570. The van der Waals surface area contributed by atoms with Crippen LogP contribution in [0.25, 0.3) is 0 Å². The predicted molar refractivity (Wildman–Crippen MR) is 56.9 cm³/mol. The third-order valence-corrected chi connectivity index (χ3v) is 5.14. The van der Waals surface area contributed by atoms with Crippen LogP contribution < -0.4 is 0 Å². The van der Waals surface area contributed by atoms with E-state index in [2.05, 4.69) is 5.16 Å². The van der Waals surface area contributed by atoms with Crippen molar-refractivity contribution >= 4 is 5.71 Å². The molecule has 4 aliphatic carbocycles. The van der Waals surface area contributed by atoms with Gasteiger partial charge in [-0.1, -0.05) is 5.16 Å². The molecule has 4 fully saturated rings. The van der Waals surface area contributed by atoms with Crippen LogP contribution in [0, 0.1) is 23.2 Å². The van der Waals surface area contributed by atoms with Gasteiger partial charge in [-0.2, -0.15) is 0 Å². The first kappa shape index (κ1) is 9.64. The Morgan fingerprint density at radius 1 is 1.20 bits per heavy atom. The zero-order chi connectivity index (χ0) is 10.6. The molecule has 0 aliphatic heterocycles. The Morgan fingerprint density at radius 2 is 1.80 bits per heavy atom. The number of hydrogen-bond donors (Lipinski definition) is 2. The maximum absolute atomic E-state index is 10.1. The average molecular weight is 209 g/mol. The van der Waals surface area contributed by atoms with Gasteiger partial charge in [-0.3, -0.25) is 0 Å². The minimum Gasteiger partial charge on any atom is -0.411 e. The molecule has 3 heteroatoms. The van der Waals surface area contributed by atoms with E-state index in [1.165, 1.54) is 19.3 Å². The molecule has 0 amide bonds. The fourth-order valence-electron chi connectivity index (χ4n) is 4.55. The van der Waals surface area contributed by atoms with E-state index in [1.54, 1.807) is 0 Å². The Balaban J connectivity index is 1.95. The smallest absolute Gasteiger partial charge is 0.0601 e. The number of aliphatic hydroxyl groups is 1. The van der Waals surface area contributed by atoms with Gasteiger partial charge in [0.05, 0.1) is 11.8 Å². The molecule has 2 unspecified atom stereocenters. The highest BCUT2D eigenvalue weighted by Gasteiger charge is 2.56. The van der Waals surface area contributed by atoms with Gasteiger partial charge in [0, 0.05) is 5.41 Å². The van der Waals surface area contributed by atoms with E-state index in [4.69, 9.17) is 5.21 Å². The summed E-state index contributed by atoms with van der Waals surface area (Å²) in [6.07, 6.45) is 5.56. The van der Waals surface area contributed by atoms with Gasteiger partial charge in [0.2, 0.25) is 0 Å². The molecule has 15 heavy (non-hydrogen) atoms. The van der Waals surface area contributed by atoms with Crippen molar-refractivity contribution in [2.75, 3.05) is 0 Å². The van der Waals surface area contributed by atoms with Crippen molar-refractivity contribution in [2.24, 2.45) is 28.3 Å². The normalized spacial score (nSPS) is 53.6. The molecule has 4 aliphatic rings. The highest BCUT2D eigenvalue weighted by atomic mass is 16.4. The standard InChI is InChI=1S/C12H19NO2/c1-7(13-15)12-4-8-2-9(5-12)11(14)10(3-8)6-12/h8-11,14-15H,2-6H2,1H3. The largest absolute Gasteiger partial charge is 0.411 e. The first-order valence-corrected chi connectivity index (χ1v) is 6.02. The van der Waals surface area contributed by atoms with Gasteiger partial charge in [-0.25, -0.2) is 0 Å². The van der Waals surface area contributed by atoms with E-state index in [-0.39, 0.29) is 11.5 Å². The van der Waals surface area contributed by atoms with Crippen LogP contribution in [0.4, 0.5) is 0 Å². The molecule has 0 spiro atoms. The third kappa shape index (κ3) is 1.19. The lowest BCUT2D eigenvalue weighted by Crippen LogP contribution is -2.55. The lowest BCUT2D eigenvalue weighted by Gasteiger charge is -2.58. The maximum atomic E-state index is 10.1. The Kier molecular flexibility index (Phi) is 1.91. The molecular formula is C12H19NO2. The molecule has 84 valence electrons. The van der Waals surface area contributed by atoms with Gasteiger partial charge in [0.15, 0.2) is 0 Å². The molecule has 0 aromatic carbocycles. The number of rotatable bonds is 1. The summed E-state index contributed by atoms with van der Waals surface area (Å²) in [5.74, 6) is 1.70. The minimum atomic E-state index is -0.0823. The zero-order valence-electron chi connectivity index (χ0n) is 9.19. The Bertz CT molecular complexity index is 297. The second-order valence-electron chi connectivity index (χ2n) is 5.93. The van der Waals surface area contributed by atoms with Gasteiger partial charge in [0.1, 0.15) is 0 Å². The third-order valence-electron chi connectivity index (χ3n) is 5.14. The number of nitrogens with zero attached hydrogens (tertiary/aromatic N) is 1. The first-order chi connectivity index (χ1) is 7.14. The lowest BCUT2D eigenvalue weighted by molar-refractivity contribution is -0.111. The van der Waals surface area contributed by atoms with Gasteiger partial charge in [-0.05, 0) is 56.8 Å². The molecule has 0 saturated heterocycles. The highest BCUT2D eigenvalue weighted by Crippen LogP contribution is 2.60. The summed E-state index contributed by atoms with van der Waals surface area (Å²) in [6.45, 7) is 1.94. The molecule has 4 saturated carbocycles. The summed E-state index contributed by atoms with van der Waals surface area (Å²) in [5, 5.41) is 22.5. The van der Waals surface area contributed by atoms with Gasteiger partial charge >= 0.3 is 0 Å². The summed E-state index contributed by atoms with van der Waals surface area (Å²) < 4.78 is 0. The van der Waals surface area contributed by atoms with Crippen LogP contribution in [0.1, 0.15) is 39.0 Å². The molecule has 0 aromatic heterocycles. The summed E-state index contributed by atoms with van der Waals surface area (Å²) in [5.41, 5.74) is 1.03. The average Bonchev–Trinajstić information content (AvgIpc) is 2.23. The highest BCUT2D eigenvalue weighted by molar-refractivity contribution is 5.88. The molecule has 3 nitrogen and oxygen atoms in total. The van der Waals surface area contributed by atoms with Crippen molar-refractivity contribution in [1.29, 1.82) is 0 Å². The fraction of sp³-hybridized carbons (Fsp3) is 0.917. The van der Waals surface area contributed by atoms with E-state index >= 15 is 0 Å². The van der Waals surface area contributed by atoms with Crippen molar-refractivity contribution in [3.05, 3.63) is 0 Å². The minimum absolute atomic E-state index is 0.0823. The predicted octanol–water partition coefficient (Wildman–Crippen LogP) is 2.02. The molecular weight excluding hydrogens is 190 g/mol. The zero-order valence-corrected chi connectivity index (χ0v) is 9.19. The van der Waals surface area contributed by atoms with Crippen LogP contribution in [0.3, 0.4) is 0 Å². The Morgan fingerprint density at radius 3 is 2.33 bits per heavy atom. The lowest BCUT2D eigenvalue weighted by atomic mass is 9.47. The van der Waals surface area contributed by atoms with Gasteiger partial charge in [-0.15, -0.1) is 0 Å². The van der Waals surface area contributed by atoms with E-state index in [0.29, 0.717) is 11.8 Å². The van der Waals surface area contributed by atoms with E-state index in [0.717, 1.165) is 24.5 Å². The van der Waals surface area contributed by atoms with Crippen molar-refractivity contribution in [1.82, 2.24) is 0 Å². The van der Waals surface area contributed by atoms with Crippen LogP contribution in [-0.2, 0) is 0 Å². The summed E-state index contributed by atoms with van der Waals surface area (Å²) in [4.78, 5) is 0. The van der Waals surface area contributed by atoms with Crippen molar-refractivity contribution in [3.8, 4) is 0 Å². The summed E-state index contributed by atoms with van der Waals surface area (Å²) in [7, 11) is 0. The molecule has 0 aromatic rings. The maximum Gasteiger partial charge on any atom is 0.0601 e. The van der Waals surface area contributed by atoms with Crippen LogP contribution in [0.5, 0.6) is 0 Å². The van der Waals surface area contributed by atoms with Crippen molar-refractivity contribution < 1.29 is 10.3 Å². The van der Waals surface area contributed by atoms with Crippen LogP contribution in [-0.4, -0.2) is 22.1 Å². The number of hydrogen-bond acceptors (Lipinski definition) is 3. The van der Waals surface area contributed by atoms with Gasteiger partial charge < -0.3 is 10.3 Å². The monoisotopic (exact) mass is 209 g/mol. The SMILES string of the molecule is CC(=NO)C12CC3CC(C1)C(O)C(C3)C2. The van der Waals surface area contributed by atoms with Crippen LogP contribution in [0.2, 0.25) is 0 Å². The quantitative estimate of drug-likeness (QED) is 0.394. The van der Waals surface area contributed by atoms with Gasteiger partial charge in [0.25, 0.3) is 0 Å². The number of aliphatic hydroxyl groups excluding tert-OH is 1. The van der Waals surface area contributed by atoms with Crippen molar-refractivity contribution in [3.63, 3.8) is 0 Å². The molecule has 4 bridgehead atoms. The summed E-state index contributed by atoms with van der Waals surface area (Å²) in [6, 6.07) is 0. The first-order valence-electron chi connectivity index (χ1n) is 6.02. The molecule has 4 rings (SSSR count). The van der Waals surface area contributed by atoms with E-state index < -0.39 is 0 Å². The van der Waals surface area contributed by atoms with Crippen LogP contribution >= 0.6 is 0 Å². The molecule has 0 radical (unpaired) electrons. The summed E-state index contributed by atoms with van der Waals surface area (Å²) >= 11 is 0. The van der Waals surface area contributed by atoms with E-state index in [9.17, 15) is 5.11 Å². The molecule has 0 heterocycles.